The zero-order valence-electron chi connectivity index (χ0n) is 29.4. The minimum absolute atomic E-state index is 0.0305. The van der Waals surface area contributed by atoms with E-state index in [0.29, 0.717) is 68.3 Å². The van der Waals surface area contributed by atoms with Crippen LogP contribution in [0.5, 0.6) is 6.01 Å². The number of alkyl halides is 4. The summed E-state index contributed by atoms with van der Waals surface area (Å²) in [7, 11) is 1.85. The number of hydrogen-bond donors (Lipinski definition) is 2. The molecule has 1 aromatic carbocycles. The minimum atomic E-state index is -4.86. The first-order valence-corrected chi connectivity index (χ1v) is 18.2. The lowest BCUT2D eigenvalue weighted by molar-refractivity contribution is -0.140. The second-order valence-corrected chi connectivity index (χ2v) is 15.5. The van der Waals surface area contributed by atoms with E-state index in [2.05, 4.69) is 20.3 Å². The normalized spacial score (nSPS) is 25.4. The van der Waals surface area contributed by atoms with Crippen molar-refractivity contribution in [2.45, 2.75) is 88.3 Å². The Labute approximate surface area is 307 Å². The molecule has 0 radical (unpaired) electrons. The Morgan fingerprint density at radius 3 is 2.74 bits per heavy atom. The number of anilines is 2. The van der Waals surface area contributed by atoms with E-state index in [1.165, 1.54) is 0 Å². The summed E-state index contributed by atoms with van der Waals surface area (Å²) in [5.41, 5.74) is 4.34. The van der Waals surface area contributed by atoms with E-state index in [0.717, 1.165) is 31.5 Å². The second-order valence-electron chi connectivity index (χ2n) is 15.1. The molecule has 0 unspecified atom stereocenters. The van der Waals surface area contributed by atoms with Crippen molar-refractivity contribution in [1.29, 1.82) is 0 Å². The fourth-order valence-corrected chi connectivity index (χ4v) is 8.88. The standard InChI is InChI=1S/C35H41ClF5N9O3/c1-33(43-2)16-48(17-33)31(51)29-27(36)24-14-47(8-4-10-50(24)46-29)30-20-15-52-25(26-21(35(39,40)41)5-6-22(42)28(26)38)11-23(20)44-32(45-30)53-18-34-7-3-9-49(34)13-19(37)12-34/h5-6,19,25,43H,3-4,7-18,42H2,1-2H3/t19-,25+,34+/m1/s1. The van der Waals surface area contributed by atoms with Crippen molar-refractivity contribution in [2.24, 2.45) is 0 Å². The number of benzene rings is 1. The van der Waals surface area contributed by atoms with E-state index in [1.54, 1.807) is 9.58 Å². The number of fused-ring (bicyclic) bond motifs is 3. The first kappa shape index (κ1) is 36.2. The van der Waals surface area contributed by atoms with Crippen molar-refractivity contribution < 1.29 is 36.2 Å². The molecule has 0 bridgehead atoms. The Morgan fingerprint density at radius 1 is 1.19 bits per heavy atom. The molecular weight excluding hydrogens is 725 g/mol. The average molecular weight is 766 g/mol. The number of carbonyl (C=O) groups is 1. The molecule has 1 amide bonds. The van der Waals surface area contributed by atoms with Crippen molar-refractivity contribution in [1.82, 2.24) is 34.9 Å². The van der Waals surface area contributed by atoms with Gasteiger partial charge in [-0.15, -0.1) is 0 Å². The largest absolute Gasteiger partial charge is 0.461 e. The SMILES string of the molecule is CNC1(C)CN(C(=O)c2nn3c(c2Cl)CN(c2nc(OC[C@@]45CCCN4C[C@H](F)C5)nc4c2CO[C@H](c2c(C(F)(F)F)ccc(N)c2F)C4)CCC3)C1. The lowest BCUT2D eigenvalue weighted by atomic mass is 9.92. The van der Waals surface area contributed by atoms with E-state index in [1.807, 2.05) is 18.9 Å². The highest BCUT2D eigenvalue weighted by Gasteiger charge is 2.50. The first-order valence-electron chi connectivity index (χ1n) is 17.9. The smallest absolute Gasteiger partial charge is 0.416 e. The van der Waals surface area contributed by atoms with Crippen molar-refractivity contribution in [2.75, 3.05) is 57.0 Å². The number of nitrogen functional groups attached to an aromatic ring is 1. The summed E-state index contributed by atoms with van der Waals surface area (Å²) in [6.07, 6.45) is -4.86. The topological polar surface area (TPSA) is 127 Å². The molecular formula is C35H41ClF5N9O3. The summed E-state index contributed by atoms with van der Waals surface area (Å²) in [5.74, 6) is -1.05. The summed E-state index contributed by atoms with van der Waals surface area (Å²) in [5, 5.41) is 8.06. The number of rotatable bonds is 7. The maximum atomic E-state index is 15.4. The van der Waals surface area contributed by atoms with Crippen molar-refractivity contribution >= 4 is 29.0 Å². The van der Waals surface area contributed by atoms with Gasteiger partial charge in [-0.3, -0.25) is 14.4 Å². The monoisotopic (exact) mass is 765 g/mol. The Balaban J connectivity index is 1.14. The molecule has 18 heteroatoms. The summed E-state index contributed by atoms with van der Waals surface area (Å²) < 4.78 is 86.4. The molecule has 286 valence electrons. The Kier molecular flexibility index (Phi) is 9.01. The number of nitrogens with two attached hydrogens (primary N) is 1. The van der Waals surface area contributed by atoms with Gasteiger partial charge in [0.2, 0.25) is 0 Å². The summed E-state index contributed by atoms with van der Waals surface area (Å²) in [4.78, 5) is 28.6. The third kappa shape index (κ3) is 6.36. The van der Waals surface area contributed by atoms with E-state index >= 15 is 4.39 Å². The molecule has 0 saturated carbocycles. The van der Waals surface area contributed by atoms with Crippen LogP contribution in [0.4, 0.5) is 33.5 Å². The molecule has 8 rings (SSSR count). The van der Waals surface area contributed by atoms with Gasteiger partial charge in [0, 0.05) is 56.7 Å². The number of likely N-dealkylation sites (tertiary alicyclic amines) is 1. The Hall–Kier alpha value is -3.80. The van der Waals surface area contributed by atoms with Crippen LogP contribution in [-0.2, 0) is 37.0 Å². The lowest BCUT2D eigenvalue weighted by Crippen LogP contribution is -2.67. The summed E-state index contributed by atoms with van der Waals surface area (Å²) >= 11 is 6.89. The van der Waals surface area contributed by atoms with E-state index in [9.17, 15) is 22.4 Å². The van der Waals surface area contributed by atoms with Crippen LogP contribution in [0.1, 0.15) is 77.3 Å². The van der Waals surface area contributed by atoms with Gasteiger partial charge in [0.25, 0.3) is 5.91 Å². The average Bonchev–Trinajstić information content (AvgIpc) is 3.67. The third-order valence-electron chi connectivity index (χ3n) is 11.5. The molecule has 0 spiro atoms. The van der Waals surface area contributed by atoms with Crippen LogP contribution < -0.4 is 20.7 Å². The lowest BCUT2D eigenvalue weighted by Gasteiger charge is -2.47. The van der Waals surface area contributed by atoms with E-state index in [-0.39, 0.29) is 54.4 Å². The molecule has 7 heterocycles. The maximum Gasteiger partial charge on any atom is 0.416 e. The molecule has 12 nitrogen and oxygen atoms in total. The summed E-state index contributed by atoms with van der Waals surface area (Å²) in [6, 6.07) is 1.61. The zero-order chi connectivity index (χ0) is 37.4. The van der Waals surface area contributed by atoms with Crippen LogP contribution in [0.25, 0.3) is 0 Å². The molecule has 0 aliphatic carbocycles. The molecule has 53 heavy (non-hydrogen) atoms. The molecule has 3 atom stereocenters. The van der Waals surface area contributed by atoms with Gasteiger partial charge in [0.1, 0.15) is 18.6 Å². The number of nitrogens with one attached hydrogen (secondary N) is 1. The Bertz CT molecular complexity index is 1940. The maximum absolute atomic E-state index is 15.4. The van der Waals surface area contributed by atoms with E-state index < -0.39 is 46.6 Å². The first-order chi connectivity index (χ1) is 25.2. The van der Waals surface area contributed by atoms with Crippen LogP contribution >= 0.6 is 11.6 Å². The molecule has 5 aliphatic rings. The van der Waals surface area contributed by atoms with Crippen molar-refractivity contribution in [3.63, 3.8) is 0 Å². The second kappa shape index (κ2) is 13.2. The van der Waals surface area contributed by atoms with Crippen LogP contribution in [-0.4, -0.2) is 99.1 Å². The van der Waals surface area contributed by atoms with E-state index in [4.69, 9.17) is 31.8 Å². The number of halogens is 6. The van der Waals surface area contributed by atoms with Crippen LogP contribution in [0.2, 0.25) is 5.02 Å². The summed E-state index contributed by atoms with van der Waals surface area (Å²) in [6.45, 7) is 5.18. The predicted molar refractivity (Wildman–Crippen MR) is 184 cm³/mol. The third-order valence-corrected chi connectivity index (χ3v) is 11.9. The Morgan fingerprint density at radius 2 is 1.98 bits per heavy atom. The number of hydrogen-bond acceptors (Lipinski definition) is 10. The van der Waals surface area contributed by atoms with Gasteiger partial charge in [-0.1, -0.05) is 11.6 Å². The highest BCUT2D eigenvalue weighted by atomic mass is 35.5. The number of aryl methyl sites for hydroxylation is 1. The molecule has 2 aromatic heterocycles. The number of amides is 1. The van der Waals surface area contributed by atoms with Gasteiger partial charge >= 0.3 is 12.2 Å². The fourth-order valence-electron chi connectivity index (χ4n) is 8.61. The van der Waals surface area contributed by atoms with Crippen LogP contribution in [0, 0.1) is 5.82 Å². The number of nitrogens with zero attached hydrogens (tertiary/aromatic N) is 7. The van der Waals surface area contributed by atoms with Gasteiger partial charge in [-0.05, 0) is 51.9 Å². The van der Waals surface area contributed by atoms with Gasteiger partial charge in [0.05, 0.1) is 58.0 Å². The van der Waals surface area contributed by atoms with Gasteiger partial charge in [0.15, 0.2) is 11.5 Å². The highest BCUT2D eigenvalue weighted by molar-refractivity contribution is 6.34. The highest BCUT2D eigenvalue weighted by Crippen LogP contribution is 2.44. The van der Waals surface area contributed by atoms with Crippen LogP contribution in [0.15, 0.2) is 12.1 Å². The predicted octanol–water partition coefficient (Wildman–Crippen LogP) is 4.68. The van der Waals surface area contributed by atoms with Crippen LogP contribution in [0.3, 0.4) is 0 Å². The van der Waals surface area contributed by atoms with Crippen molar-refractivity contribution in [3.8, 4) is 6.01 Å². The quantitative estimate of drug-likeness (QED) is 0.259. The molecule has 5 aliphatic heterocycles. The zero-order valence-corrected chi connectivity index (χ0v) is 30.2. The number of aromatic nitrogens is 4. The molecule has 3 N–H and O–H groups in total. The van der Waals surface area contributed by atoms with Gasteiger partial charge in [-0.2, -0.15) is 28.2 Å². The van der Waals surface area contributed by atoms with Gasteiger partial charge < -0.3 is 30.3 Å². The number of likely N-dealkylation sites (N-methyl/N-ethyl adjacent to an activating group) is 1. The molecule has 3 fully saturated rings. The number of ether oxygens (including phenoxy) is 2. The van der Waals surface area contributed by atoms with Gasteiger partial charge in [-0.25, -0.2) is 8.78 Å². The fraction of sp³-hybridized carbons (Fsp3) is 0.600. The molecule has 3 saturated heterocycles. The van der Waals surface area contributed by atoms with Crippen molar-refractivity contribution in [3.05, 3.63) is 56.7 Å². The minimum Gasteiger partial charge on any atom is -0.461 e. The molecule has 3 aromatic rings. The number of carbonyl (C=O) groups excluding carboxylic acids is 1.